The molecule has 0 bridgehead atoms. The van der Waals surface area contributed by atoms with Gasteiger partial charge in [0.1, 0.15) is 5.02 Å². The van der Waals surface area contributed by atoms with E-state index in [0.717, 1.165) is 5.69 Å². The molecular formula is C10H6Cl2N3. The quantitative estimate of drug-likeness (QED) is 0.816. The van der Waals surface area contributed by atoms with Gasteiger partial charge >= 0.3 is 0 Å². The van der Waals surface area contributed by atoms with Crippen molar-refractivity contribution in [2.75, 3.05) is 5.32 Å². The van der Waals surface area contributed by atoms with Gasteiger partial charge in [-0.1, -0.05) is 29.8 Å². The van der Waals surface area contributed by atoms with E-state index in [2.05, 4.69) is 21.4 Å². The molecule has 1 aromatic heterocycles. The molecule has 0 fully saturated rings. The van der Waals surface area contributed by atoms with Gasteiger partial charge in [-0.15, -0.1) is 0 Å². The average molecular weight is 239 g/mol. The minimum absolute atomic E-state index is 0.151. The zero-order valence-electron chi connectivity index (χ0n) is 7.54. The molecule has 0 saturated carbocycles. The SMILES string of the molecule is Clc1ncc(Cl)c(Nc2[c]cccc2)n1. The first-order valence-corrected chi connectivity index (χ1v) is 4.93. The van der Waals surface area contributed by atoms with Gasteiger partial charge < -0.3 is 5.32 Å². The third kappa shape index (κ3) is 2.58. The molecule has 0 unspecified atom stereocenters. The van der Waals surface area contributed by atoms with E-state index in [1.165, 1.54) is 6.20 Å². The zero-order chi connectivity index (χ0) is 10.7. The van der Waals surface area contributed by atoms with Crippen LogP contribution in [0.2, 0.25) is 10.3 Å². The summed E-state index contributed by atoms with van der Waals surface area (Å²) < 4.78 is 0. The second kappa shape index (κ2) is 4.47. The average Bonchev–Trinajstić information content (AvgIpc) is 2.25. The summed E-state index contributed by atoms with van der Waals surface area (Å²) in [6.45, 7) is 0. The molecule has 0 atom stereocenters. The van der Waals surface area contributed by atoms with E-state index in [9.17, 15) is 0 Å². The number of nitrogens with zero attached hydrogens (tertiary/aromatic N) is 2. The second-order valence-corrected chi connectivity index (χ2v) is 3.48. The smallest absolute Gasteiger partial charge is 0.224 e. The van der Waals surface area contributed by atoms with Crippen LogP contribution in [-0.4, -0.2) is 9.97 Å². The largest absolute Gasteiger partial charge is 0.338 e. The molecule has 5 heteroatoms. The van der Waals surface area contributed by atoms with E-state index in [0.29, 0.717) is 10.8 Å². The number of hydrogen-bond acceptors (Lipinski definition) is 3. The molecule has 0 saturated heterocycles. The Morgan fingerprint density at radius 3 is 2.87 bits per heavy atom. The molecule has 0 amide bonds. The fourth-order valence-electron chi connectivity index (χ4n) is 1.03. The molecular weight excluding hydrogens is 233 g/mol. The minimum Gasteiger partial charge on any atom is -0.338 e. The number of para-hydroxylation sites is 1. The van der Waals surface area contributed by atoms with Crippen LogP contribution in [0.1, 0.15) is 0 Å². The van der Waals surface area contributed by atoms with Crippen LogP contribution in [-0.2, 0) is 0 Å². The molecule has 2 rings (SSSR count). The number of aromatic nitrogens is 2. The van der Waals surface area contributed by atoms with Gasteiger partial charge in [-0.3, -0.25) is 0 Å². The van der Waals surface area contributed by atoms with Gasteiger partial charge in [0.2, 0.25) is 5.28 Å². The van der Waals surface area contributed by atoms with Crippen LogP contribution in [0.25, 0.3) is 0 Å². The van der Waals surface area contributed by atoms with E-state index in [1.807, 2.05) is 18.2 Å². The highest BCUT2D eigenvalue weighted by molar-refractivity contribution is 6.33. The number of nitrogens with one attached hydrogen (secondary N) is 1. The summed E-state index contributed by atoms with van der Waals surface area (Å²) in [6.07, 6.45) is 1.45. The molecule has 1 heterocycles. The fourth-order valence-corrected chi connectivity index (χ4v) is 1.30. The Morgan fingerprint density at radius 2 is 2.13 bits per heavy atom. The lowest BCUT2D eigenvalue weighted by atomic mass is 10.3. The van der Waals surface area contributed by atoms with Gasteiger partial charge in [0, 0.05) is 11.8 Å². The zero-order valence-corrected chi connectivity index (χ0v) is 9.05. The molecule has 0 aliphatic carbocycles. The molecule has 0 aliphatic heterocycles. The van der Waals surface area contributed by atoms with Crippen molar-refractivity contribution >= 4 is 34.7 Å². The van der Waals surface area contributed by atoms with Crippen LogP contribution in [0, 0.1) is 6.07 Å². The van der Waals surface area contributed by atoms with E-state index < -0.39 is 0 Å². The van der Waals surface area contributed by atoms with Crippen molar-refractivity contribution in [2.24, 2.45) is 0 Å². The topological polar surface area (TPSA) is 37.8 Å². The van der Waals surface area contributed by atoms with Crippen molar-refractivity contribution in [2.45, 2.75) is 0 Å². The Hall–Kier alpha value is -1.32. The van der Waals surface area contributed by atoms with Crippen LogP contribution >= 0.6 is 23.2 Å². The van der Waals surface area contributed by atoms with E-state index in [1.54, 1.807) is 6.07 Å². The van der Waals surface area contributed by atoms with Gasteiger partial charge in [-0.2, -0.15) is 4.98 Å². The third-order valence-corrected chi connectivity index (χ3v) is 2.14. The van der Waals surface area contributed by atoms with Crippen LogP contribution in [0.15, 0.2) is 30.5 Å². The number of anilines is 2. The Morgan fingerprint density at radius 1 is 1.27 bits per heavy atom. The first kappa shape index (κ1) is 10.2. The molecule has 75 valence electrons. The summed E-state index contributed by atoms with van der Waals surface area (Å²) >= 11 is 11.5. The molecule has 1 radical (unpaired) electrons. The predicted octanol–water partition coefficient (Wildman–Crippen LogP) is 3.33. The third-order valence-electron chi connectivity index (χ3n) is 1.68. The second-order valence-electron chi connectivity index (χ2n) is 2.74. The summed E-state index contributed by atoms with van der Waals surface area (Å²) in [5.41, 5.74) is 0.772. The van der Waals surface area contributed by atoms with Gasteiger partial charge in [-0.05, 0) is 17.7 Å². The summed E-state index contributed by atoms with van der Waals surface area (Å²) in [5, 5.41) is 3.55. The molecule has 2 aromatic rings. The number of rotatable bonds is 2. The maximum Gasteiger partial charge on any atom is 0.224 e. The van der Waals surface area contributed by atoms with Crippen LogP contribution in [0.3, 0.4) is 0 Å². The highest BCUT2D eigenvalue weighted by Crippen LogP contribution is 2.22. The molecule has 1 aromatic carbocycles. The molecule has 3 nitrogen and oxygen atoms in total. The monoisotopic (exact) mass is 238 g/mol. The van der Waals surface area contributed by atoms with Crippen molar-refractivity contribution in [1.29, 1.82) is 0 Å². The number of halogens is 2. The van der Waals surface area contributed by atoms with Crippen LogP contribution in [0.5, 0.6) is 0 Å². The minimum atomic E-state index is 0.151. The molecule has 0 spiro atoms. The molecule has 1 N–H and O–H groups in total. The van der Waals surface area contributed by atoms with E-state index in [-0.39, 0.29) is 5.28 Å². The number of hydrogen-bond donors (Lipinski definition) is 1. The highest BCUT2D eigenvalue weighted by Gasteiger charge is 2.03. The van der Waals surface area contributed by atoms with Gasteiger partial charge in [-0.25, -0.2) is 4.98 Å². The fraction of sp³-hybridized carbons (Fsp3) is 0. The maximum atomic E-state index is 5.89. The summed E-state index contributed by atoms with van der Waals surface area (Å²) in [5.74, 6) is 0.471. The summed E-state index contributed by atoms with van der Waals surface area (Å²) in [7, 11) is 0. The van der Waals surface area contributed by atoms with E-state index >= 15 is 0 Å². The van der Waals surface area contributed by atoms with Gasteiger partial charge in [0.15, 0.2) is 5.82 Å². The summed E-state index contributed by atoms with van der Waals surface area (Å²) in [4.78, 5) is 7.71. The Kier molecular flexibility index (Phi) is 3.04. The normalized spacial score (nSPS) is 10.0. The Balaban J connectivity index is 2.28. The first-order valence-electron chi connectivity index (χ1n) is 4.17. The standard InChI is InChI=1S/C10H6Cl2N3/c11-8-6-13-10(12)15-9(8)14-7-4-2-1-3-5-7/h1-4,6H,(H,13,14,15). The lowest BCUT2D eigenvalue weighted by Crippen LogP contribution is -1.95. The lowest BCUT2D eigenvalue weighted by Gasteiger charge is -2.06. The predicted molar refractivity (Wildman–Crippen MR) is 60.6 cm³/mol. The highest BCUT2D eigenvalue weighted by atomic mass is 35.5. The maximum absolute atomic E-state index is 5.89. The van der Waals surface area contributed by atoms with Gasteiger partial charge in [0.25, 0.3) is 0 Å². The van der Waals surface area contributed by atoms with Crippen molar-refractivity contribution in [1.82, 2.24) is 9.97 Å². The van der Waals surface area contributed by atoms with Crippen LogP contribution in [0.4, 0.5) is 11.5 Å². The van der Waals surface area contributed by atoms with Crippen LogP contribution < -0.4 is 5.32 Å². The molecule has 0 aliphatic rings. The Bertz CT molecular complexity index is 459. The van der Waals surface area contributed by atoms with E-state index in [4.69, 9.17) is 23.2 Å². The Labute approximate surface area is 97.1 Å². The van der Waals surface area contributed by atoms with Crippen molar-refractivity contribution in [3.05, 3.63) is 46.8 Å². The number of benzene rings is 1. The molecule has 15 heavy (non-hydrogen) atoms. The van der Waals surface area contributed by atoms with Crippen molar-refractivity contribution < 1.29 is 0 Å². The van der Waals surface area contributed by atoms with Gasteiger partial charge in [0.05, 0.1) is 6.20 Å². The van der Waals surface area contributed by atoms with Crippen molar-refractivity contribution in [3.8, 4) is 0 Å². The lowest BCUT2D eigenvalue weighted by molar-refractivity contribution is 1.17. The summed E-state index contributed by atoms with van der Waals surface area (Å²) in [6, 6.07) is 10.4. The van der Waals surface area contributed by atoms with Crippen molar-refractivity contribution in [3.63, 3.8) is 0 Å². The first-order chi connectivity index (χ1) is 7.25.